The molecule has 6 fully saturated rings. The average Bonchev–Trinajstić information content (AvgIpc) is 3.81. The van der Waals surface area contributed by atoms with Crippen molar-refractivity contribution < 1.29 is 28.4 Å². The average molecular weight is 877 g/mol. The molecule has 0 radical (unpaired) electrons. The summed E-state index contributed by atoms with van der Waals surface area (Å²) in [5, 5.41) is 12.8. The molecule has 1 unspecified atom stereocenters. The van der Waals surface area contributed by atoms with Crippen LogP contribution in [0.3, 0.4) is 0 Å². The van der Waals surface area contributed by atoms with Gasteiger partial charge in [0.05, 0.1) is 16.5 Å². The number of amides is 4. The van der Waals surface area contributed by atoms with Crippen molar-refractivity contribution in [3.8, 4) is 11.8 Å². The first kappa shape index (κ1) is 41.0. The third kappa shape index (κ3) is 6.18. The molecule has 320 valence electrons. The van der Waals surface area contributed by atoms with Crippen LogP contribution in [-0.2, 0) is 35.9 Å². The van der Waals surface area contributed by atoms with Crippen LogP contribution in [0.1, 0.15) is 117 Å². The minimum Gasteiger partial charge on any atom is -0.356 e. The van der Waals surface area contributed by atoms with Crippen molar-refractivity contribution in [2.24, 2.45) is 10.8 Å². The minimum absolute atomic E-state index is 0.00332. The minimum atomic E-state index is -1.28. The van der Waals surface area contributed by atoms with Crippen molar-refractivity contribution in [3.05, 3.63) is 105 Å². The first-order chi connectivity index (χ1) is 29.8. The quantitative estimate of drug-likeness (QED) is 0.0997. The number of hydrogen-bond donors (Lipinski definition) is 4. The van der Waals surface area contributed by atoms with E-state index in [4.69, 9.17) is 23.2 Å². The van der Waals surface area contributed by atoms with Gasteiger partial charge in [0.2, 0.25) is 23.6 Å². The van der Waals surface area contributed by atoms with Gasteiger partial charge in [0.25, 0.3) is 0 Å². The second-order valence-corrected chi connectivity index (χ2v) is 19.7. The number of fused-ring (bicyclic) bond motifs is 4. The molecule has 4 N–H and O–H groups in total. The van der Waals surface area contributed by atoms with E-state index in [1.807, 2.05) is 29.2 Å². The number of nitrogens with one attached hydrogen (secondary N) is 4. The molecule has 2 bridgehead atoms. The summed E-state index contributed by atoms with van der Waals surface area (Å²) in [6.07, 6.45) is 8.10. The van der Waals surface area contributed by atoms with Crippen LogP contribution in [0.2, 0.25) is 10.0 Å². The molecular formula is C49H48Cl2FN5O5. The van der Waals surface area contributed by atoms with Crippen molar-refractivity contribution >= 4 is 64.0 Å². The summed E-state index contributed by atoms with van der Waals surface area (Å²) in [6.45, 7) is 5.21. The molecule has 4 heterocycles. The van der Waals surface area contributed by atoms with Gasteiger partial charge in [-0.25, -0.2) is 4.39 Å². The van der Waals surface area contributed by atoms with E-state index in [1.165, 1.54) is 6.07 Å². The van der Waals surface area contributed by atoms with Gasteiger partial charge in [-0.3, -0.25) is 34.6 Å². The van der Waals surface area contributed by atoms with Gasteiger partial charge in [-0.2, -0.15) is 0 Å². The Kier molecular flexibility index (Phi) is 9.97. The maximum atomic E-state index is 16.3. The third-order valence-corrected chi connectivity index (χ3v) is 15.8. The Morgan fingerprint density at radius 2 is 1.76 bits per heavy atom. The molecule has 3 aromatic rings. The Bertz CT molecular complexity index is 2540. The fourth-order valence-electron chi connectivity index (χ4n) is 12.7. The van der Waals surface area contributed by atoms with Crippen LogP contribution >= 0.6 is 23.2 Å². The maximum Gasteiger partial charge on any atom is 0.249 e. The van der Waals surface area contributed by atoms with Gasteiger partial charge >= 0.3 is 0 Å². The molecule has 2 saturated heterocycles. The molecular weight excluding hydrogens is 828 g/mol. The highest BCUT2D eigenvalue weighted by atomic mass is 35.5. The number of ketones is 1. The smallest absolute Gasteiger partial charge is 0.249 e. The lowest BCUT2D eigenvalue weighted by molar-refractivity contribution is -0.210. The van der Waals surface area contributed by atoms with Crippen LogP contribution in [0, 0.1) is 28.5 Å². The summed E-state index contributed by atoms with van der Waals surface area (Å²) in [7, 11) is 0. The Balaban J connectivity index is 0.790. The largest absolute Gasteiger partial charge is 0.356 e. The molecule has 2 spiro atoms. The van der Waals surface area contributed by atoms with Crippen molar-refractivity contribution in [1.29, 1.82) is 0 Å². The highest BCUT2D eigenvalue weighted by molar-refractivity contribution is 6.31. The Labute approximate surface area is 370 Å². The Morgan fingerprint density at radius 1 is 0.984 bits per heavy atom. The summed E-state index contributed by atoms with van der Waals surface area (Å²) < 4.78 is 16.3. The maximum absolute atomic E-state index is 16.3. The number of carbonyl (C=O) groups excluding carboxylic acids is 5. The second kappa shape index (κ2) is 15.1. The van der Waals surface area contributed by atoms with E-state index in [-0.39, 0.29) is 51.8 Å². The van der Waals surface area contributed by atoms with Gasteiger partial charge < -0.3 is 15.5 Å². The molecule has 3 aromatic carbocycles. The van der Waals surface area contributed by atoms with Crippen LogP contribution in [0.15, 0.2) is 61.2 Å². The van der Waals surface area contributed by atoms with Crippen molar-refractivity contribution in [1.82, 2.24) is 20.9 Å². The number of benzene rings is 3. The molecule has 4 amide bonds. The van der Waals surface area contributed by atoms with Gasteiger partial charge in [0, 0.05) is 71.3 Å². The Hall–Kier alpha value is -5.02. The van der Waals surface area contributed by atoms with Gasteiger partial charge in [-0.1, -0.05) is 91.2 Å². The van der Waals surface area contributed by atoms with E-state index in [0.29, 0.717) is 81.6 Å². The number of imide groups is 1. The number of rotatable bonds is 9. The molecule has 10 nitrogen and oxygen atoms in total. The molecule has 62 heavy (non-hydrogen) atoms. The van der Waals surface area contributed by atoms with E-state index < -0.39 is 40.2 Å². The molecule has 0 aromatic heterocycles. The number of hydrogen-bond acceptors (Lipinski definition) is 7. The number of anilines is 1. The predicted molar refractivity (Wildman–Crippen MR) is 233 cm³/mol. The molecule has 13 heteroatoms. The van der Waals surface area contributed by atoms with Crippen LogP contribution in [0.4, 0.5) is 10.1 Å². The zero-order valence-electron chi connectivity index (χ0n) is 34.4. The first-order valence-corrected chi connectivity index (χ1v) is 22.6. The monoisotopic (exact) mass is 875 g/mol. The number of carbonyl (C=O) groups is 5. The highest BCUT2D eigenvalue weighted by Crippen LogP contribution is 2.75. The molecule has 11 rings (SSSR count). The fourth-order valence-corrected chi connectivity index (χ4v) is 13.1. The Morgan fingerprint density at radius 3 is 2.53 bits per heavy atom. The number of halogens is 3. The lowest BCUT2D eigenvalue weighted by Gasteiger charge is -2.69. The SMILES string of the molecule is C=C1c2cccc(C#CCCCNC(=O)C34CC(CC(=O)[C@@H]5NC6(CCCCC6)[C@@]6(C(=O)Nc7cc(Cl)ccc76)[C@H]5c5cccc(Cl)c5F)(C3)C4)c2CN1C1CCC(=O)NC1=O. The normalized spacial score (nSPS) is 29.9. The van der Waals surface area contributed by atoms with E-state index in [1.54, 1.807) is 24.3 Å². The van der Waals surface area contributed by atoms with E-state index in [2.05, 4.69) is 39.7 Å². The lowest BCUT2D eigenvalue weighted by atomic mass is 9.33. The number of nitrogens with zero attached hydrogens (tertiary/aromatic N) is 1. The molecule has 8 aliphatic rings. The molecule has 4 saturated carbocycles. The van der Waals surface area contributed by atoms with E-state index >= 15 is 4.39 Å². The summed E-state index contributed by atoms with van der Waals surface area (Å²) in [6, 6.07) is 14.7. The van der Waals surface area contributed by atoms with Gasteiger partial charge in [0.15, 0.2) is 5.78 Å². The molecule has 4 atom stereocenters. The molecule has 4 aliphatic heterocycles. The summed E-state index contributed by atoms with van der Waals surface area (Å²) in [5.74, 6) is 4.18. The third-order valence-electron chi connectivity index (χ3n) is 15.3. The van der Waals surface area contributed by atoms with Gasteiger partial charge in [-0.15, -0.1) is 0 Å². The highest BCUT2D eigenvalue weighted by Gasteiger charge is 2.75. The van der Waals surface area contributed by atoms with Crippen molar-refractivity contribution in [2.45, 2.75) is 119 Å². The number of Topliss-reactive ketones (excluding diaryl/α,β-unsaturated/α-hetero) is 1. The van der Waals surface area contributed by atoms with Crippen LogP contribution in [-0.4, -0.2) is 58.5 Å². The summed E-state index contributed by atoms with van der Waals surface area (Å²) >= 11 is 12.8. The summed E-state index contributed by atoms with van der Waals surface area (Å²) in [4.78, 5) is 69.3. The number of piperidine rings is 1. The predicted octanol–water partition coefficient (Wildman–Crippen LogP) is 7.45. The second-order valence-electron chi connectivity index (χ2n) is 18.8. The van der Waals surface area contributed by atoms with Crippen LogP contribution in [0.25, 0.3) is 5.70 Å². The van der Waals surface area contributed by atoms with E-state index in [0.717, 1.165) is 47.2 Å². The standard InChI is InChI=1S/C49H48Cl2FN5O5/c1-28-31-12-8-11-29(33(31)24-57(28)37-17-18-39(59)55-43(37)60)10-4-2-7-21-53-44(61)47-25-46(26-47,27-47)23-38(58)42-40(32-13-9-14-35(51)41(32)52)49(48(56-42)19-5-3-6-20-48)34-16-15-30(50)22-36(34)54-45(49)62/h8-9,11-16,22,37,40,42,56H,1-3,5-7,17-21,23-27H2,(H,53,61)(H,54,62)(H,55,59,60)/t37?,40-,42-,46?,47?,49+/m0/s1. The fraction of sp³-hybridized carbons (Fsp3) is 0.449. The van der Waals surface area contributed by atoms with Crippen LogP contribution in [0.5, 0.6) is 0 Å². The first-order valence-electron chi connectivity index (χ1n) is 21.8. The van der Waals surface area contributed by atoms with E-state index in [9.17, 15) is 24.0 Å². The van der Waals surface area contributed by atoms with Crippen molar-refractivity contribution in [2.75, 3.05) is 11.9 Å². The zero-order chi connectivity index (χ0) is 43.2. The van der Waals surface area contributed by atoms with Gasteiger partial charge in [-0.05, 0) is 91.3 Å². The topological polar surface area (TPSA) is 137 Å². The van der Waals surface area contributed by atoms with Crippen molar-refractivity contribution in [3.63, 3.8) is 0 Å². The van der Waals surface area contributed by atoms with Gasteiger partial charge in [0.1, 0.15) is 17.3 Å². The summed E-state index contributed by atoms with van der Waals surface area (Å²) in [5.41, 5.74) is 2.27. The van der Waals surface area contributed by atoms with Crippen LogP contribution < -0.4 is 21.3 Å². The lowest BCUT2D eigenvalue weighted by Crippen LogP contribution is -2.68. The number of unbranched alkanes of at least 4 members (excludes halogenated alkanes) is 1. The zero-order valence-corrected chi connectivity index (χ0v) is 35.9. The molecule has 4 aliphatic carbocycles.